The lowest BCUT2D eigenvalue weighted by Crippen LogP contribution is -2.38. The molecule has 2 amide bonds. The van der Waals surface area contributed by atoms with Crippen molar-refractivity contribution in [2.24, 2.45) is 0 Å². The van der Waals surface area contributed by atoms with E-state index in [-0.39, 0.29) is 16.0 Å². The van der Waals surface area contributed by atoms with Crippen molar-refractivity contribution in [2.75, 3.05) is 6.54 Å². The quantitative estimate of drug-likeness (QED) is 0.598. The summed E-state index contributed by atoms with van der Waals surface area (Å²) in [4.78, 5) is 47.7. The number of rotatable bonds is 5. The lowest BCUT2D eigenvalue weighted by molar-refractivity contribution is -0.166. The fraction of sp³-hybridized carbons (Fsp3) is 0.0588. The molecule has 3 aromatic rings. The van der Waals surface area contributed by atoms with Gasteiger partial charge in [-0.1, -0.05) is 17.2 Å². The number of amides is 2. The Hall–Kier alpha value is -3.57. The van der Waals surface area contributed by atoms with Gasteiger partial charge in [0.25, 0.3) is 11.8 Å². The first-order chi connectivity index (χ1) is 13.4. The Morgan fingerprint density at radius 1 is 1.11 bits per heavy atom. The number of aromatic amines is 1. The third kappa shape index (κ3) is 2.92. The van der Waals surface area contributed by atoms with Crippen LogP contribution in [-0.4, -0.2) is 47.8 Å². The van der Waals surface area contributed by atoms with Gasteiger partial charge in [0, 0.05) is 17.8 Å². The number of aromatic nitrogens is 2. The van der Waals surface area contributed by atoms with Crippen molar-refractivity contribution in [1.82, 2.24) is 19.8 Å². The van der Waals surface area contributed by atoms with E-state index in [2.05, 4.69) is 14.7 Å². The van der Waals surface area contributed by atoms with Crippen LogP contribution in [0.4, 0.5) is 0 Å². The smallest absolute Gasteiger partial charge is 0.345 e. The molecule has 0 saturated carbocycles. The van der Waals surface area contributed by atoms with Crippen LogP contribution >= 0.6 is 0 Å². The Bertz CT molecular complexity index is 1200. The van der Waals surface area contributed by atoms with Crippen LogP contribution in [0.15, 0.2) is 53.7 Å². The van der Waals surface area contributed by atoms with E-state index < -0.39 is 34.4 Å². The number of sulfonamides is 1. The molecule has 0 atom stereocenters. The van der Waals surface area contributed by atoms with Crippen molar-refractivity contribution in [3.05, 3.63) is 59.9 Å². The lowest BCUT2D eigenvalue weighted by Gasteiger charge is -2.13. The van der Waals surface area contributed by atoms with Gasteiger partial charge in [-0.05, 0) is 24.3 Å². The molecule has 2 N–H and O–H groups in total. The largest absolute Gasteiger partial charge is 0.347 e. The number of hydrogen-bond donors (Lipinski definition) is 2. The minimum absolute atomic E-state index is 0.0934. The van der Waals surface area contributed by atoms with Gasteiger partial charge in [-0.25, -0.2) is 18.2 Å². The minimum atomic E-state index is -4.06. The van der Waals surface area contributed by atoms with Gasteiger partial charge in [0.15, 0.2) is 0 Å². The second kappa shape index (κ2) is 6.55. The molecule has 0 saturated heterocycles. The van der Waals surface area contributed by atoms with Crippen LogP contribution < -0.4 is 4.72 Å². The highest BCUT2D eigenvalue weighted by atomic mass is 32.2. The maximum Gasteiger partial charge on any atom is 0.347 e. The summed E-state index contributed by atoms with van der Waals surface area (Å²) >= 11 is 0. The molecule has 142 valence electrons. The number of nitrogens with one attached hydrogen (secondary N) is 2. The van der Waals surface area contributed by atoms with E-state index in [9.17, 15) is 22.8 Å². The third-order valence-electron chi connectivity index (χ3n) is 4.06. The number of nitrogens with zero attached hydrogens (tertiary/aromatic N) is 2. The summed E-state index contributed by atoms with van der Waals surface area (Å²) in [6.45, 7) is -0.775. The van der Waals surface area contributed by atoms with E-state index >= 15 is 0 Å². The van der Waals surface area contributed by atoms with Crippen LogP contribution in [0, 0.1) is 0 Å². The molecule has 28 heavy (non-hydrogen) atoms. The summed E-state index contributed by atoms with van der Waals surface area (Å²) in [6.07, 6.45) is 2.75. The first-order valence-electron chi connectivity index (χ1n) is 7.99. The summed E-state index contributed by atoms with van der Waals surface area (Å²) in [5, 5.41) is 0.667. The van der Waals surface area contributed by atoms with E-state index in [1.165, 1.54) is 24.5 Å². The van der Waals surface area contributed by atoms with E-state index in [0.29, 0.717) is 16.1 Å². The number of hydrogen-bond acceptors (Lipinski definition) is 7. The highest BCUT2D eigenvalue weighted by Gasteiger charge is 2.38. The van der Waals surface area contributed by atoms with Crippen LogP contribution in [-0.2, 0) is 19.7 Å². The molecule has 0 unspecified atom stereocenters. The maximum atomic E-state index is 12.4. The number of hydroxylamine groups is 2. The molecule has 0 spiro atoms. The molecule has 11 heteroatoms. The number of fused-ring (bicyclic) bond motifs is 2. The summed E-state index contributed by atoms with van der Waals surface area (Å²) in [5.41, 5.74) is 0.579. The van der Waals surface area contributed by atoms with Gasteiger partial charge >= 0.3 is 5.97 Å². The molecule has 4 rings (SSSR count). The zero-order valence-electron chi connectivity index (χ0n) is 14.1. The molecule has 0 bridgehead atoms. The Morgan fingerprint density at radius 2 is 1.79 bits per heavy atom. The molecule has 1 aromatic carbocycles. The molecule has 1 aliphatic heterocycles. The number of carbonyl (C=O) groups excluding carboxylic acids is 3. The molecule has 2 aromatic heterocycles. The van der Waals surface area contributed by atoms with Crippen molar-refractivity contribution >= 4 is 38.8 Å². The van der Waals surface area contributed by atoms with Crippen molar-refractivity contribution in [3.63, 3.8) is 0 Å². The second-order valence-corrected chi connectivity index (χ2v) is 7.53. The topological polar surface area (TPSA) is 139 Å². The lowest BCUT2D eigenvalue weighted by atomic mass is 10.1. The van der Waals surface area contributed by atoms with Crippen molar-refractivity contribution in [3.8, 4) is 0 Å². The zero-order valence-corrected chi connectivity index (χ0v) is 14.9. The SMILES string of the molecule is O=C(CNS(=O)(=O)c1c[nH]c2ncccc12)ON1C(=O)c2ccccc2C1=O. The van der Waals surface area contributed by atoms with Crippen LogP contribution in [0.5, 0.6) is 0 Å². The number of pyridine rings is 1. The van der Waals surface area contributed by atoms with Gasteiger partial charge in [-0.15, -0.1) is 0 Å². The fourth-order valence-electron chi connectivity index (χ4n) is 2.77. The number of H-pyrrole nitrogens is 1. The van der Waals surface area contributed by atoms with Gasteiger partial charge in [0.05, 0.1) is 11.1 Å². The summed E-state index contributed by atoms with van der Waals surface area (Å²) in [6, 6.07) is 9.13. The molecule has 0 radical (unpaired) electrons. The Labute approximate surface area is 158 Å². The minimum Gasteiger partial charge on any atom is -0.345 e. The van der Waals surface area contributed by atoms with E-state index in [1.807, 2.05) is 0 Å². The predicted molar refractivity (Wildman–Crippen MR) is 94.3 cm³/mol. The van der Waals surface area contributed by atoms with Crippen LogP contribution in [0.3, 0.4) is 0 Å². The molecule has 10 nitrogen and oxygen atoms in total. The van der Waals surface area contributed by atoms with E-state index in [4.69, 9.17) is 4.84 Å². The highest BCUT2D eigenvalue weighted by molar-refractivity contribution is 7.89. The molecule has 0 aliphatic carbocycles. The Morgan fingerprint density at radius 3 is 2.46 bits per heavy atom. The fourth-order valence-corrected chi connectivity index (χ4v) is 3.90. The Balaban J connectivity index is 1.45. The average Bonchev–Trinajstić information content (AvgIpc) is 3.23. The van der Waals surface area contributed by atoms with Crippen molar-refractivity contribution < 1.29 is 27.6 Å². The standard InChI is InChI=1S/C17H12N4O6S/c22-14(27-21-16(23)10-4-1-2-5-11(10)17(21)24)9-20-28(25,26)13-8-19-15-12(13)6-3-7-18-15/h1-8,20H,9H2,(H,18,19). The second-order valence-electron chi connectivity index (χ2n) is 5.79. The van der Waals surface area contributed by atoms with Crippen LogP contribution in [0.1, 0.15) is 20.7 Å². The first kappa shape index (κ1) is 17.8. The summed E-state index contributed by atoms with van der Waals surface area (Å²) in [7, 11) is -4.06. The summed E-state index contributed by atoms with van der Waals surface area (Å²) in [5.74, 6) is -2.70. The molecule has 3 heterocycles. The number of carbonyl (C=O) groups is 3. The normalized spacial score (nSPS) is 13.8. The van der Waals surface area contributed by atoms with Crippen LogP contribution in [0.2, 0.25) is 0 Å². The molecular formula is C17H12N4O6S. The highest BCUT2D eigenvalue weighted by Crippen LogP contribution is 2.23. The van der Waals surface area contributed by atoms with Crippen molar-refractivity contribution in [2.45, 2.75) is 4.90 Å². The van der Waals surface area contributed by atoms with Gasteiger partial charge in [0.2, 0.25) is 10.0 Å². The average molecular weight is 400 g/mol. The van der Waals surface area contributed by atoms with Crippen LogP contribution in [0.25, 0.3) is 11.0 Å². The molecular weight excluding hydrogens is 388 g/mol. The maximum absolute atomic E-state index is 12.4. The predicted octanol–water partition coefficient (Wildman–Crippen LogP) is 0.596. The molecule has 0 fully saturated rings. The van der Waals surface area contributed by atoms with E-state index in [0.717, 1.165) is 0 Å². The monoisotopic (exact) mass is 400 g/mol. The van der Waals surface area contributed by atoms with E-state index in [1.54, 1.807) is 24.3 Å². The third-order valence-corrected chi connectivity index (χ3v) is 5.50. The zero-order chi connectivity index (χ0) is 19.9. The van der Waals surface area contributed by atoms with Gasteiger partial charge in [-0.2, -0.15) is 4.72 Å². The molecule has 1 aliphatic rings. The number of imide groups is 1. The first-order valence-corrected chi connectivity index (χ1v) is 9.47. The summed E-state index contributed by atoms with van der Waals surface area (Å²) < 4.78 is 27.0. The Kier molecular flexibility index (Phi) is 4.17. The van der Waals surface area contributed by atoms with Gasteiger partial charge in [0.1, 0.15) is 17.1 Å². The van der Waals surface area contributed by atoms with Gasteiger partial charge in [-0.3, -0.25) is 9.59 Å². The van der Waals surface area contributed by atoms with Gasteiger partial charge < -0.3 is 9.82 Å². The van der Waals surface area contributed by atoms with Crippen molar-refractivity contribution in [1.29, 1.82) is 0 Å². The number of benzene rings is 1.